The molecule has 1 aliphatic rings. The SMILES string of the molecule is C[C@@H]1CCCN(C(=O)CCNS(=O)(=O)c2cccnc2)C1. The summed E-state index contributed by atoms with van der Waals surface area (Å²) in [5, 5.41) is 0. The second-order valence-corrected chi connectivity index (χ2v) is 7.19. The van der Waals surface area contributed by atoms with Crippen LogP contribution in [0.15, 0.2) is 29.4 Å². The number of likely N-dealkylation sites (tertiary alicyclic amines) is 1. The van der Waals surface area contributed by atoms with E-state index in [9.17, 15) is 13.2 Å². The smallest absolute Gasteiger partial charge is 0.242 e. The topological polar surface area (TPSA) is 79.4 Å². The highest BCUT2D eigenvalue weighted by Gasteiger charge is 2.21. The van der Waals surface area contributed by atoms with E-state index in [1.807, 2.05) is 4.90 Å². The molecule has 1 aliphatic heterocycles. The van der Waals surface area contributed by atoms with Gasteiger partial charge in [-0.2, -0.15) is 0 Å². The minimum absolute atomic E-state index is 0.00966. The number of hydrogen-bond acceptors (Lipinski definition) is 4. The minimum Gasteiger partial charge on any atom is -0.342 e. The molecule has 7 heteroatoms. The maximum absolute atomic E-state index is 12.0. The molecule has 1 N–H and O–H groups in total. The Morgan fingerprint density at radius 3 is 3.00 bits per heavy atom. The molecule has 2 heterocycles. The number of amides is 1. The number of nitrogens with one attached hydrogen (secondary N) is 1. The Balaban J connectivity index is 1.82. The molecule has 1 aromatic rings. The van der Waals surface area contributed by atoms with Crippen molar-refractivity contribution < 1.29 is 13.2 Å². The van der Waals surface area contributed by atoms with Gasteiger partial charge >= 0.3 is 0 Å². The van der Waals surface area contributed by atoms with Crippen molar-refractivity contribution >= 4 is 15.9 Å². The number of carbonyl (C=O) groups excluding carboxylic acids is 1. The minimum atomic E-state index is -3.58. The Kier molecular flexibility index (Phi) is 5.30. The number of rotatable bonds is 5. The van der Waals surface area contributed by atoms with E-state index >= 15 is 0 Å². The number of piperidine rings is 1. The molecule has 1 saturated heterocycles. The van der Waals surface area contributed by atoms with Gasteiger partial charge in [-0.25, -0.2) is 13.1 Å². The lowest BCUT2D eigenvalue weighted by Gasteiger charge is -2.31. The number of nitrogens with zero attached hydrogens (tertiary/aromatic N) is 2. The Morgan fingerprint density at radius 1 is 1.52 bits per heavy atom. The van der Waals surface area contributed by atoms with E-state index in [1.165, 1.54) is 18.5 Å². The van der Waals surface area contributed by atoms with Crippen molar-refractivity contribution in [1.29, 1.82) is 0 Å². The monoisotopic (exact) mass is 311 g/mol. The summed E-state index contributed by atoms with van der Waals surface area (Å²) in [5.74, 6) is 0.533. The lowest BCUT2D eigenvalue weighted by Crippen LogP contribution is -2.40. The zero-order valence-corrected chi connectivity index (χ0v) is 13.0. The lowest BCUT2D eigenvalue weighted by molar-refractivity contribution is -0.132. The molecule has 0 bridgehead atoms. The number of hydrogen-bond donors (Lipinski definition) is 1. The largest absolute Gasteiger partial charge is 0.342 e. The Morgan fingerprint density at radius 2 is 2.33 bits per heavy atom. The van der Waals surface area contributed by atoms with E-state index in [1.54, 1.807) is 6.07 Å². The van der Waals surface area contributed by atoms with Gasteiger partial charge in [0.2, 0.25) is 15.9 Å². The molecule has 21 heavy (non-hydrogen) atoms. The van der Waals surface area contributed by atoms with Crippen LogP contribution >= 0.6 is 0 Å². The predicted octanol–water partition coefficient (Wildman–Crippen LogP) is 1.01. The van der Waals surface area contributed by atoms with Crippen molar-refractivity contribution in [3.05, 3.63) is 24.5 Å². The van der Waals surface area contributed by atoms with Gasteiger partial charge in [0, 0.05) is 38.4 Å². The van der Waals surface area contributed by atoms with Crippen molar-refractivity contribution in [3.8, 4) is 0 Å². The molecule has 0 spiro atoms. The van der Waals surface area contributed by atoms with Gasteiger partial charge in [0.15, 0.2) is 0 Å². The van der Waals surface area contributed by atoms with Crippen LogP contribution in [0.1, 0.15) is 26.2 Å². The molecule has 1 fully saturated rings. The summed E-state index contributed by atoms with van der Waals surface area (Å²) in [7, 11) is -3.58. The van der Waals surface area contributed by atoms with E-state index in [0.717, 1.165) is 25.9 Å². The van der Waals surface area contributed by atoms with Crippen LogP contribution < -0.4 is 4.72 Å². The molecule has 0 aromatic carbocycles. The van der Waals surface area contributed by atoms with Gasteiger partial charge in [-0.05, 0) is 30.9 Å². The zero-order chi connectivity index (χ0) is 15.3. The van der Waals surface area contributed by atoms with Gasteiger partial charge in [0.1, 0.15) is 4.90 Å². The summed E-state index contributed by atoms with van der Waals surface area (Å²) >= 11 is 0. The standard InChI is InChI=1S/C14H21N3O3S/c1-12-4-3-9-17(11-12)14(18)6-8-16-21(19,20)13-5-2-7-15-10-13/h2,5,7,10,12,16H,3-4,6,8-9,11H2,1H3/t12-/m1/s1. The van der Waals surface area contributed by atoms with Crippen LogP contribution in [0.5, 0.6) is 0 Å². The van der Waals surface area contributed by atoms with Crippen LogP contribution in [0, 0.1) is 5.92 Å². The predicted molar refractivity (Wildman–Crippen MR) is 79.0 cm³/mol. The summed E-state index contributed by atoms with van der Waals surface area (Å²) < 4.78 is 26.4. The number of carbonyl (C=O) groups is 1. The van der Waals surface area contributed by atoms with Gasteiger partial charge < -0.3 is 4.90 Å². The molecule has 1 amide bonds. The van der Waals surface area contributed by atoms with E-state index in [2.05, 4.69) is 16.6 Å². The summed E-state index contributed by atoms with van der Waals surface area (Å²) in [5.41, 5.74) is 0. The maximum atomic E-state index is 12.0. The molecule has 0 saturated carbocycles. The first-order chi connectivity index (χ1) is 9.99. The van der Waals surface area contributed by atoms with Crippen LogP contribution in [0.3, 0.4) is 0 Å². The average molecular weight is 311 g/mol. The fourth-order valence-electron chi connectivity index (χ4n) is 2.46. The normalized spacial score (nSPS) is 19.5. The van der Waals surface area contributed by atoms with Gasteiger partial charge in [-0.3, -0.25) is 9.78 Å². The number of aromatic nitrogens is 1. The third-order valence-electron chi connectivity index (χ3n) is 3.59. The van der Waals surface area contributed by atoms with Crippen molar-refractivity contribution in [2.24, 2.45) is 5.92 Å². The first-order valence-corrected chi connectivity index (χ1v) is 8.65. The lowest BCUT2D eigenvalue weighted by atomic mass is 10.0. The molecule has 6 nitrogen and oxygen atoms in total. The summed E-state index contributed by atoms with van der Waals surface area (Å²) in [6, 6.07) is 3.04. The highest BCUT2D eigenvalue weighted by Crippen LogP contribution is 2.16. The first-order valence-electron chi connectivity index (χ1n) is 7.16. The second-order valence-electron chi connectivity index (χ2n) is 5.42. The Labute approximate surface area is 125 Å². The van der Waals surface area contributed by atoms with Gasteiger partial charge in [0.05, 0.1) is 0 Å². The fourth-order valence-corrected chi connectivity index (χ4v) is 3.45. The second kappa shape index (κ2) is 7.00. The molecule has 0 unspecified atom stereocenters. The molecule has 0 aliphatic carbocycles. The Hall–Kier alpha value is -1.47. The van der Waals surface area contributed by atoms with Crippen LogP contribution in [-0.4, -0.2) is 43.8 Å². The van der Waals surface area contributed by atoms with Crippen LogP contribution in [0.25, 0.3) is 0 Å². The van der Waals surface area contributed by atoms with E-state index in [4.69, 9.17) is 0 Å². The third-order valence-corrected chi connectivity index (χ3v) is 5.03. The molecule has 1 atom stereocenters. The Bertz CT molecular complexity index is 574. The highest BCUT2D eigenvalue weighted by molar-refractivity contribution is 7.89. The van der Waals surface area contributed by atoms with Crippen molar-refractivity contribution in [2.75, 3.05) is 19.6 Å². The molecular weight excluding hydrogens is 290 g/mol. The highest BCUT2D eigenvalue weighted by atomic mass is 32.2. The van der Waals surface area contributed by atoms with Gasteiger partial charge in [0.25, 0.3) is 0 Å². The third kappa shape index (κ3) is 4.50. The molecule has 2 rings (SSSR count). The van der Waals surface area contributed by atoms with Gasteiger partial charge in [-0.15, -0.1) is 0 Å². The van der Waals surface area contributed by atoms with E-state index < -0.39 is 10.0 Å². The van der Waals surface area contributed by atoms with Crippen molar-refractivity contribution in [1.82, 2.24) is 14.6 Å². The summed E-state index contributed by atoms with van der Waals surface area (Å²) in [4.78, 5) is 17.8. The van der Waals surface area contributed by atoms with Crippen molar-refractivity contribution in [3.63, 3.8) is 0 Å². The summed E-state index contributed by atoms with van der Waals surface area (Å²) in [6.45, 7) is 3.79. The quantitative estimate of drug-likeness (QED) is 0.880. The van der Waals surface area contributed by atoms with Crippen LogP contribution in [0.4, 0.5) is 0 Å². The van der Waals surface area contributed by atoms with E-state index in [0.29, 0.717) is 5.92 Å². The van der Waals surface area contributed by atoms with Gasteiger partial charge in [-0.1, -0.05) is 6.92 Å². The summed E-state index contributed by atoms with van der Waals surface area (Å²) in [6.07, 6.45) is 5.16. The first kappa shape index (κ1) is 15.9. The van der Waals surface area contributed by atoms with Crippen molar-refractivity contribution in [2.45, 2.75) is 31.1 Å². The van der Waals surface area contributed by atoms with Crippen LogP contribution in [-0.2, 0) is 14.8 Å². The molecule has 116 valence electrons. The molecule has 0 radical (unpaired) electrons. The maximum Gasteiger partial charge on any atom is 0.242 e. The molecular formula is C14H21N3O3S. The fraction of sp³-hybridized carbons (Fsp3) is 0.571. The number of pyridine rings is 1. The number of sulfonamides is 1. The van der Waals surface area contributed by atoms with Crippen LogP contribution in [0.2, 0.25) is 0 Å². The molecule has 1 aromatic heterocycles. The average Bonchev–Trinajstić information content (AvgIpc) is 2.48. The van der Waals surface area contributed by atoms with E-state index in [-0.39, 0.29) is 23.8 Å². The zero-order valence-electron chi connectivity index (χ0n) is 12.2.